The van der Waals surface area contributed by atoms with Gasteiger partial charge in [-0.05, 0) is 37.6 Å². The normalized spacial score (nSPS) is 22.1. The molecule has 166 valence electrons. The first-order valence-corrected chi connectivity index (χ1v) is 11.6. The van der Waals surface area contributed by atoms with Crippen LogP contribution in [0.1, 0.15) is 49.0 Å². The van der Waals surface area contributed by atoms with Crippen molar-refractivity contribution in [3.63, 3.8) is 0 Å². The summed E-state index contributed by atoms with van der Waals surface area (Å²) in [5.74, 6) is 1.40. The second kappa shape index (κ2) is 9.61. The van der Waals surface area contributed by atoms with E-state index in [0.29, 0.717) is 31.3 Å². The Morgan fingerprint density at radius 1 is 0.969 bits per heavy atom. The molecule has 3 aromatic rings. The number of likely N-dealkylation sites (tertiary alicyclic amines) is 2. The second-order valence-corrected chi connectivity index (χ2v) is 8.81. The lowest BCUT2D eigenvalue weighted by Crippen LogP contribution is -2.39. The predicted octanol–water partition coefficient (Wildman–Crippen LogP) is 3.72. The van der Waals surface area contributed by atoms with E-state index in [1.807, 2.05) is 47.5 Å². The minimum absolute atomic E-state index is 0.0442. The number of pyridine rings is 1. The van der Waals surface area contributed by atoms with Crippen molar-refractivity contribution in [2.75, 3.05) is 32.7 Å². The van der Waals surface area contributed by atoms with Gasteiger partial charge in [0.05, 0.1) is 12.5 Å². The van der Waals surface area contributed by atoms with Crippen molar-refractivity contribution >= 4 is 5.91 Å². The lowest BCUT2D eigenvalue weighted by Gasteiger charge is -2.23. The molecular weight excluding hydrogens is 402 g/mol. The Balaban J connectivity index is 1.36. The molecule has 4 heterocycles. The van der Waals surface area contributed by atoms with Crippen LogP contribution >= 0.6 is 0 Å². The zero-order valence-corrected chi connectivity index (χ0v) is 18.3. The minimum atomic E-state index is -0.0442. The first-order valence-electron chi connectivity index (χ1n) is 11.6. The van der Waals surface area contributed by atoms with Crippen molar-refractivity contribution in [1.29, 1.82) is 0 Å². The molecule has 7 nitrogen and oxygen atoms in total. The summed E-state index contributed by atoms with van der Waals surface area (Å²) in [6.07, 6.45) is 8.54. The number of carbonyl (C=O) groups is 1. The van der Waals surface area contributed by atoms with Crippen molar-refractivity contribution in [2.45, 2.75) is 37.5 Å². The van der Waals surface area contributed by atoms with E-state index in [-0.39, 0.29) is 17.7 Å². The average Bonchev–Trinajstić information content (AvgIpc) is 3.43. The Hall–Kier alpha value is -3.06. The van der Waals surface area contributed by atoms with Crippen LogP contribution in [0.2, 0.25) is 0 Å². The summed E-state index contributed by atoms with van der Waals surface area (Å²) >= 11 is 0. The lowest BCUT2D eigenvalue weighted by atomic mass is 9.90. The van der Waals surface area contributed by atoms with Crippen LogP contribution in [0.5, 0.6) is 0 Å². The molecule has 0 N–H and O–H groups in total. The molecule has 2 aromatic heterocycles. The fourth-order valence-corrected chi connectivity index (χ4v) is 4.87. The Morgan fingerprint density at radius 2 is 1.75 bits per heavy atom. The molecule has 7 heteroatoms. The van der Waals surface area contributed by atoms with Gasteiger partial charge in [0.25, 0.3) is 0 Å². The number of nitrogens with zero attached hydrogens (tertiary/aromatic N) is 5. The van der Waals surface area contributed by atoms with Gasteiger partial charge in [-0.15, -0.1) is 0 Å². The zero-order valence-electron chi connectivity index (χ0n) is 18.3. The zero-order chi connectivity index (χ0) is 21.8. The standard InChI is InChI=1S/C25H29N5O2/c31-23(18-29-13-6-1-2-7-14-29)30-16-21(20-11-8-12-26-15-20)22(17-30)25-27-24(28-32-25)19-9-4-3-5-10-19/h3-5,8-12,15,21-22H,1-2,6-7,13-14,16-18H2/t21-,22+/m0/s1. The quantitative estimate of drug-likeness (QED) is 0.613. The molecule has 2 aliphatic heterocycles. The predicted molar refractivity (Wildman–Crippen MR) is 121 cm³/mol. The molecule has 1 aromatic carbocycles. The van der Waals surface area contributed by atoms with E-state index in [9.17, 15) is 4.79 Å². The minimum Gasteiger partial charge on any atom is -0.340 e. The summed E-state index contributed by atoms with van der Waals surface area (Å²) in [6.45, 7) is 3.75. The summed E-state index contributed by atoms with van der Waals surface area (Å²) in [5, 5.41) is 4.22. The van der Waals surface area contributed by atoms with Gasteiger partial charge in [0, 0.05) is 37.0 Å². The molecule has 0 spiro atoms. The summed E-state index contributed by atoms with van der Waals surface area (Å²) < 4.78 is 5.72. The maximum atomic E-state index is 13.2. The van der Waals surface area contributed by atoms with Gasteiger partial charge in [-0.1, -0.05) is 54.4 Å². The fraction of sp³-hybridized carbons (Fsp3) is 0.440. The van der Waals surface area contributed by atoms with Crippen molar-refractivity contribution < 1.29 is 9.32 Å². The third-order valence-electron chi connectivity index (χ3n) is 6.63. The molecule has 2 atom stereocenters. The topological polar surface area (TPSA) is 75.4 Å². The Kier molecular flexibility index (Phi) is 6.25. The number of carbonyl (C=O) groups excluding carboxylic acids is 1. The third-order valence-corrected chi connectivity index (χ3v) is 6.63. The Labute approximate surface area is 188 Å². The molecule has 5 rings (SSSR count). The highest BCUT2D eigenvalue weighted by molar-refractivity contribution is 5.79. The smallest absolute Gasteiger partial charge is 0.236 e. The van der Waals surface area contributed by atoms with E-state index in [0.717, 1.165) is 24.2 Å². The lowest BCUT2D eigenvalue weighted by molar-refractivity contribution is -0.131. The van der Waals surface area contributed by atoms with Gasteiger partial charge in [0.2, 0.25) is 17.6 Å². The molecule has 2 fully saturated rings. The second-order valence-electron chi connectivity index (χ2n) is 8.81. The SMILES string of the molecule is O=C(CN1CCCCCC1)N1C[C@@H](c2cccnc2)[C@H](c2nc(-c3ccccc3)no2)C1. The van der Waals surface area contributed by atoms with Crippen molar-refractivity contribution in [1.82, 2.24) is 24.9 Å². The number of rotatable bonds is 5. The summed E-state index contributed by atoms with van der Waals surface area (Å²) in [6, 6.07) is 13.8. The number of amides is 1. The number of aromatic nitrogens is 3. The van der Waals surface area contributed by atoms with E-state index in [4.69, 9.17) is 9.51 Å². The first kappa shape index (κ1) is 20.8. The van der Waals surface area contributed by atoms with E-state index in [2.05, 4.69) is 21.1 Å². The van der Waals surface area contributed by atoms with Crippen molar-refractivity contribution in [2.24, 2.45) is 0 Å². The monoisotopic (exact) mass is 431 g/mol. The van der Waals surface area contributed by atoms with Gasteiger partial charge >= 0.3 is 0 Å². The van der Waals surface area contributed by atoms with E-state index < -0.39 is 0 Å². The maximum Gasteiger partial charge on any atom is 0.236 e. The van der Waals surface area contributed by atoms with E-state index in [1.54, 1.807) is 6.20 Å². The van der Waals surface area contributed by atoms with Gasteiger partial charge in [0.1, 0.15) is 0 Å². The molecule has 32 heavy (non-hydrogen) atoms. The highest BCUT2D eigenvalue weighted by Gasteiger charge is 2.40. The molecule has 0 bridgehead atoms. The molecule has 2 aliphatic rings. The molecule has 2 saturated heterocycles. The number of hydrogen-bond acceptors (Lipinski definition) is 6. The Bertz CT molecular complexity index is 1020. The molecule has 0 radical (unpaired) electrons. The first-order chi connectivity index (χ1) is 15.8. The third kappa shape index (κ3) is 4.58. The summed E-state index contributed by atoms with van der Waals surface area (Å²) in [7, 11) is 0. The van der Waals surface area contributed by atoms with Crippen LogP contribution in [-0.4, -0.2) is 63.6 Å². The van der Waals surface area contributed by atoms with Crippen LogP contribution in [0.25, 0.3) is 11.4 Å². The molecular formula is C25H29N5O2. The molecule has 0 unspecified atom stereocenters. The molecule has 0 aliphatic carbocycles. The van der Waals surface area contributed by atoms with Crippen LogP contribution in [0.3, 0.4) is 0 Å². The van der Waals surface area contributed by atoms with Gasteiger partial charge in [0.15, 0.2) is 0 Å². The number of hydrogen-bond donors (Lipinski definition) is 0. The van der Waals surface area contributed by atoms with Crippen LogP contribution in [0.15, 0.2) is 59.4 Å². The maximum absolute atomic E-state index is 13.2. The summed E-state index contributed by atoms with van der Waals surface area (Å²) in [4.78, 5) is 26.5. The van der Waals surface area contributed by atoms with Gasteiger partial charge in [-0.25, -0.2) is 0 Å². The van der Waals surface area contributed by atoms with Gasteiger partial charge < -0.3 is 9.42 Å². The van der Waals surface area contributed by atoms with Crippen LogP contribution in [0, 0.1) is 0 Å². The average molecular weight is 432 g/mol. The fourth-order valence-electron chi connectivity index (χ4n) is 4.87. The highest BCUT2D eigenvalue weighted by Crippen LogP contribution is 2.39. The van der Waals surface area contributed by atoms with Crippen LogP contribution in [0.4, 0.5) is 0 Å². The van der Waals surface area contributed by atoms with Crippen molar-refractivity contribution in [3.05, 3.63) is 66.3 Å². The summed E-state index contributed by atoms with van der Waals surface area (Å²) in [5.41, 5.74) is 2.02. The number of benzene rings is 1. The van der Waals surface area contributed by atoms with Crippen LogP contribution in [-0.2, 0) is 4.79 Å². The highest BCUT2D eigenvalue weighted by atomic mass is 16.5. The van der Waals surface area contributed by atoms with E-state index >= 15 is 0 Å². The van der Waals surface area contributed by atoms with Gasteiger partial charge in [-0.2, -0.15) is 4.98 Å². The molecule has 0 saturated carbocycles. The van der Waals surface area contributed by atoms with E-state index in [1.165, 1.54) is 25.7 Å². The van der Waals surface area contributed by atoms with Crippen molar-refractivity contribution in [3.8, 4) is 11.4 Å². The van der Waals surface area contributed by atoms with Crippen LogP contribution < -0.4 is 0 Å². The Morgan fingerprint density at radius 3 is 2.50 bits per heavy atom. The van der Waals surface area contributed by atoms with Gasteiger partial charge in [-0.3, -0.25) is 14.7 Å². The molecule has 1 amide bonds. The largest absolute Gasteiger partial charge is 0.340 e.